The van der Waals surface area contributed by atoms with E-state index in [4.69, 9.17) is 10.5 Å². The molecular formula is C16H25N3O2. The Bertz CT molecular complexity index is 425. The van der Waals surface area contributed by atoms with Crippen LogP contribution in [-0.2, 0) is 11.3 Å². The summed E-state index contributed by atoms with van der Waals surface area (Å²) >= 11 is 0. The monoisotopic (exact) mass is 291 g/mol. The van der Waals surface area contributed by atoms with Crippen molar-refractivity contribution in [2.24, 2.45) is 11.7 Å². The Balaban J connectivity index is 1.55. The molecule has 0 saturated carbocycles. The van der Waals surface area contributed by atoms with Crippen LogP contribution >= 0.6 is 0 Å². The van der Waals surface area contributed by atoms with Crippen LogP contribution in [0.1, 0.15) is 18.4 Å². The number of likely N-dealkylation sites (tertiary alicyclic amines) is 1. The quantitative estimate of drug-likeness (QED) is 0.800. The molecule has 0 aliphatic carbocycles. The van der Waals surface area contributed by atoms with Crippen molar-refractivity contribution in [3.05, 3.63) is 35.9 Å². The SMILES string of the molecule is NCCC1CCN(CCNC(=O)OCc2ccccc2)C1. The number of rotatable bonds is 7. The molecule has 1 aromatic carbocycles. The summed E-state index contributed by atoms with van der Waals surface area (Å²) in [5.41, 5.74) is 6.58. The van der Waals surface area contributed by atoms with Gasteiger partial charge in [0.1, 0.15) is 6.61 Å². The van der Waals surface area contributed by atoms with Gasteiger partial charge in [0.2, 0.25) is 0 Å². The maximum absolute atomic E-state index is 11.6. The molecule has 1 amide bonds. The number of hydrogen-bond acceptors (Lipinski definition) is 4. The van der Waals surface area contributed by atoms with E-state index in [9.17, 15) is 4.79 Å². The lowest BCUT2D eigenvalue weighted by Gasteiger charge is -2.16. The lowest BCUT2D eigenvalue weighted by atomic mass is 10.1. The van der Waals surface area contributed by atoms with Crippen LogP contribution in [-0.4, -0.2) is 43.7 Å². The van der Waals surface area contributed by atoms with Crippen molar-refractivity contribution in [2.45, 2.75) is 19.4 Å². The molecule has 2 rings (SSSR count). The number of nitrogens with zero attached hydrogens (tertiary/aromatic N) is 1. The second-order valence-corrected chi connectivity index (χ2v) is 5.52. The zero-order chi connectivity index (χ0) is 14.9. The Hall–Kier alpha value is -1.59. The molecule has 1 aromatic rings. The molecule has 0 spiro atoms. The molecule has 0 radical (unpaired) electrons. The van der Waals surface area contributed by atoms with Crippen LogP contribution in [0, 0.1) is 5.92 Å². The smallest absolute Gasteiger partial charge is 0.407 e. The van der Waals surface area contributed by atoms with Crippen LogP contribution in [0.3, 0.4) is 0 Å². The Kier molecular flexibility index (Phi) is 6.50. The third-order valence-electron chi connectivity index (χ3n) is 3.86. The molecule has 1 unspecified atom stereocenters. The molecule has 1 saturated heterocycles. The highest BCUT2D eigenvalue weighted by molar-refractivity contribution is 5.67. The van der Waals surface area contributed by atoms with Gasteiger partial charge in [0, 0.05) is 19.6 Å². The molecule has 1 atom stereocenters. The van der Waals surface area contributed by atoms with Gasteiger partial charge in [-0.3, -0.25) is 0 Å². The van der Waals surface area contributed by atoms with Crippen molar-refractivity contribution < 1.29 is 9.53 Å². The number of benzene rings is 1. The first kappa shape index (κ1) is 15.8. The third kappa shape index (κ3) is 5.73. The van der Waals surface area contributed by atoms with Crippen molar-refractivity contribution in [2.75, 3.05) is 32.7 Å². The first-order valence-electron chi connectivity index (χ1n) is 7.65. The van der Waals surface area contributed by atoms with E-state index < -0.39 is 0 Å². The summed E-state index contributed by atoms with van der Waals surface area (Å²) in [6.45, 7) is 4.78. The Labute approximate surface area is 126 Å². The van der Waals surface area contributed by atoms with Gasteiger partial charge in [-0.2, -0.15) is 0 Å². The largest absolute Gasteiger partial charge is 0.445 e. The molecule has 1 aliphatic rings. The molecule has 0 bridgehead atoms. The summed E-state index contributed by atoms with van der Waals surface area (Å²) < 4.78 is 5.17. The lowest BCUT2D eigenvalue weighted by Crippen LogP contribution is -2.34. The van der Waals surface area contributed by atoms with E-state index >= 15 is 0 Å². The summed E-state index contributed by atoms with van der Waals surface area (Å²) in [6.07, 6.45) is 1.97. The molecule has 116 valence electrons. The molecule has 3 N–H and O–H groups in total. The summed E-state index contributed by atoms with van der Waals surface area (Å²) in [5, 5.41) is 2.80. The lowest BCUT2D eigenvalue weighted by molar-refractivity contribution is 0.138. The summed E-state index contributed by atoms with van der Waals surface area (Å²) in [4.78, 5) is 14.0. The van der Waals surface area contributed by atoms with E-state index in [1.54, 1.807) is 0 Å². The van der Waals surface area contributed by atoms with E-state index in [1.165, 1.54) is 6.42 Å². The Morgan fingerprint density at radius 1 is 1.38 bits per heavy atom. The molecule has 0 aromatic heterocycles. The molecule has 1 heterocycles. The predicted octanol–water partition coefficient (Wildman–Crippen LogP) is 1.58. The fraction of sp³-hybridized carbons (Fsp3) is 0.562. The van der Waals surface area contributed by atoms with Gasteiger partial charge in [-0.05, 0) is 37.4 Å². The van der Waals surface area contributed by atoms with Gasteiger partial charge in [0.15, 0.2) is 0 Å². The average molecular weight is 291 g/mol. The van der Waals surface area contributed by atoms with Gasteiger partial charge in [-0.15, -0.1) is 0 Å². The maximum Gasteiger partial charge on any atom is 0.407 e. The van der Waals surface area contributed by atoms with Crippen LogP contribution in [0.15, 0.2) is 30.3 Å². The standard InChI is InChI=1S/C16H25N3O2/c17-8-6-14-7-10-19(12-14)11-9-18-16(20)21-13-15-4-2-1-3-5-15/h1-5,14H,6-13,17H2,(H,18,20). The average Bonchev–Trinajstić information content (AvgIpc) is 2.94. The van der Waals surface area contributed by atoms with E-state index in [1.807, 2.05) is 30.3 Å². The van der Waals surface area contributed by atoms with Crippen LogP contribution in [0.2, 0.25) is 0 Å². The zero-order valence-electron chi connectivity index (χ0n) is 12.5. The minimum absolute atomic E-state index is 0.314. The number of nitrogens with one attached hydrogen (secondary N) is 1. The van der Waals surface area contributed by atoms with Crippen molar-refractivity contribution >= 4 is 6.09 Å². The maximum atomic E-state index is 11.6. The highest BCUT2D eigenvalue weighted by Crippen LogP contribution is 2.17. The summed E-state index contributed by atoms with van der Waals surface area (Å²) in [5.74, 6) is 0.722. The Morgan fingerprint density at radius 2 is 2.19 bits per heavy atom. The highest BCUT2D eigenvalue weighted by Gasteiger charge is 2.21. The second-order valence-electron chi connectivity index (χ2n) is 5.52. The number of amides is 1. The van der Waals surface area contributed by atoms with Crippen LogP contribution in [0.4, 0.5) is 4.79 Å². The van der Waals surface area contributed by atoms with Gasteiger partial charge < -0.3 is 20.7 Å². The minimum atomic E-state index is -0.350. The number of ether oxygens (including phenoxy) is 1. The van der Waals surface area contributed by atoms with Gasteiger partial charge in [0.05, 0.1) is 0 Å². The zero-order valence-corrected chi connectivity index (χ0v) is 12.5. The van der Waals surface area contributed by atoms with E-state index in [0.717, 1.165) is 44.1 Å². The van der Waals surface area contributed by atoms with Crippen molar-refractivity contribution in [3.63, 3.8) is 0 Å². The van der Waals surface area contributed by atoms with Crippen LogP contribution in [0.25, 0.3) is 0 Å². The fourth-order valence-corrected chi connectivity index (χ4v) is 2.68. The van der Waals surface area contributed by atoms with E-state index in [-0.39, 0.29) is 6.09 Å². The number of carbonyl (C=O) groups is 1. The Morgan fingerprint density at radius 3 is 2.95 bits per heavy atom. The second kappa shape index (κ2) is 8.64. The molecule has 5 heteroatoms. The fourth-order valence-electron chi connectivity index (χ4n) is 2.68. The first-order chi connectivity index (χ1) is 10.3. The number of nitrogens with two attached hydrogens (primary N) is 1. The van der Waals surface area contributed by atoms with Crippen LogP contribution in [0.5, 0.6) is 0 Å². The third-order valence-corrected chi connectivity index (χ3v) is 3.86. The van der Waals surface area contributed by atoms with E-state index in [0.29, 0.717) is 13.2 Å². The van der Waals surface area contributed by atoms with Crippen LogP contribution < -0.4 is 11.1 Å². The number of hydrogen-bond donors (Lipinski definition) is 2. The van der Waals surface area contributed by atoms with Crippen molar-refractivity contribution in [1.29, 1.82) is 0 Å². The molecule has 5 nitrogen and oxygen atoms in total. The molecular weight excluding hydrogens is 266 g/mol. The highest BCUT2D eigenvalue weighted by atomic mass is 16.5. The summed E-state index contributed by atoms with van der Waals surface area (Å²) in [6, 6.07) is 9.69. The molecule has 1 aliphatic heterocycles. The topological polar surface area (TPSA) is 67.6 Å². The minimum Gasteiger partial charge on any atom is -0.445 e. The van der Waals surface area contributed by atoms with E-state index in [2.05, 4.69) is 10.2 Å². The summed E-state index contributed by atoms with van der Waals surface area (Å²) in [7, 11) is 0. The van der Waals surface area contributed by atoms with Gasteiger partial charge in [-0.1, -0.05) is 30.3 Å². The molecule has 21 heavy (non-hydrogen) atoms. The van der Waals surface area contributed by atoms with Gasteiger partial charge >= 0.3 is 6.09 Å². The van der Waals surface area contributed by atoms with Gasteiger partial charge in [0.25, 0.3) is 0 Å². The predicted molar refractivity (Wildman–Crippen MR) is 82.8 cm³/mol. The number of carbonyl (C=O) groups excluding carboxylic acids is 1. The first-order valence-corrected chi connectivity index (χ1v) is 7.65. The number of alkyl carbamates (subject to hydrolysis) is 1. The van der Waals surface area contributed by atoms with Gasteiger partial charge in [-0.25, -0.2) is 4.79 Å². The van der Waals surface area contributed by atoms with Crippen molar-refractivity contribution in [1.82, 2.24) is 10.2 Å². The molecule has 1 fully saturated rings. The van der Waals surface area contributed by atoms with Crippen molar-refractivity contribution in [3.8, 4) is 0 Å². The normalized spacial score (nSPS) is 18.6.